The van der Waals surface area contributed by atoms with Gasteiger partial charge in [0.2, 0.25) is 0 Å². The number of piperidine rings is 1. The third-order valence-electron chi connectivity index (χ3n) is 4.65. The monoisotopic (exact) mass is 337 g/mol. The molecule has 136 valence electrons. The average Bonchev–Trinajstić information content (AvgIpc) is 2.57. The number of hydrogen-bond donors (Lipinski definition) is 3. The minimum atomic E-state index is -1.71. The van der Waals surface area contributed by atoms with Crippen LogP contribution in [0.3, 0.4) is 0 Å². The average molecular weight is 337 g/mol. The number of rotatable bonds is 10. The van der Waals surface area contributed by atoms with Crippen LogP contribution in [-0.4, -0.2) is 58.0 Å². The summed E-state index contributed by atoms with van der Waals surface area (Å²) in [5, 5.41) is 27.7. The third-order valence-corrected chi connectivity index (χ3v) is 4.65. The van der Waals surface area contributed by atoms with Crippen molar-refractivity contribution in [3.63, 3.8) is 0 Å². The molecule has 1 heterocycles. The van der Waals surface area contributed by atoms with Gasteiger partial charge in [-0.25, -0.2) is 4.79 Å². The minimum Gasteiger partial charge on any atom is -0.479 e. The van der Waals surface area contributed by atoms with E-state index in [1.807, 2.05) is 17.1 Å². The van der Waals surface area contributed by atoms with Crippen molar-refractivity contribution >= 4 is 5.97 Å². The first-order valence-corrected chi connectivity index (χ1v) is 8.68. The van der Waals surface area contributed by atoms with Gasteiger partial charge in [-0.15, -0.1) is 0 Å². The summed E-state index contributed by atoms with van der Waals surface area (Å²) in [4.78, 5) is 12.7. The highest BCUT2D eigenvalue weighted by atomic mass is 16.4. The highest BCUT2D eigenvalue weighted by Gasteiger charge is 2.27. The van der Waals surface area contributed by atoms with Gasteiger partial charge in [0.05, 0.1) is 0 Å². The standard InChI is InChI=1S/C19H31NO4/c1-4-14(2)5-6-15(3)7-8-16-9-11-20(12-10-16)13-17(21)18(22)19(23)24/h5-6,16-18,21-22H,2-4,7-13H2,1H3,(H,23,24). The zero-order valence-electron chi connectivity index (χ0n) is 14.7. The van der Waals surface area contributed by atoms with Crippen LogP contribution >= 0.6 is 0 Å². The molecule has 0 radical (unpaired) electrons. The Hall–Kier alpha value is -1.43. The van der Waals surface area contributed by atoms with E-state index in [4.69, 9.17) is 5.11 Å². The number of hydrogen-bond acceptors (Lipinski definition) is 4. The van der Waals surface area contributed by atoms with Gasteiger partial charge in [-0.3, -0.25) is 0 Å². The summed E-state index contributed by atoms with van der Waals surface area (Å²) >= 11 is 0. The van der Waals surface area contributed by atoms with Crippen molar-refractivity contribution in [2.75, 3.05) is 19.6 Å². The topological polar surface area (TPSA) is 81.0 Å². The number of carboxylic acid groups (broad SMARTS) is 1. The van der Waals surface area contributed by atoms with Gasteiger partial charge in [0, 0.05) is 6.54 Å². The summed E-state index contributed by atoms with van der Waals surface area (Å²) < 4.78 is 0. The molecule has 0 aromatic heterocycles. The molecule has 5 nitrogen and oxygen atoms in total. The van der Waals surface area contributed by atoms with E-state index in [9.17, 15) is 15.0 Å². The van der Waals surface area contributed by atoms with Gasteiger partial charge < -0.3 is 20.2 Å². The zero-order valence-corrected chi connectivity index (χ0v) is 14.7. The Morgan fingerprint density at radius 3 is 2.33 bits per heavy atom. The first kappa shape index (κ1) is 20.6. The van der Waals surface area contributed by atoms with Crippen molar-refractivity contribution in [2.24, 2.45) is 5.92 Å². The molecular weight excluding hydrogens is 306 g/mol. The van der Waals surface area contributed by atoms with Crippen LogP contribution in [0.2, 0.25) is 0 Å². The molecule has 1 aliphatic heterocycles. The first-order chi connectivity index (χ1) is 11.3. The van der Waals surface area contributed by atoms with Crippen molar-refractivity contribution in [3.05, 3.63) is 36.5 Å². The van der Waals surface area contributed by atoms with Crippen LogP contribution < -0.4 is 0 Å². The number of β-amino-alcohol motifs (C(OH)–C–C–N with tert-alkyl or cyclic N) is 1. The Morgan fingerprint density at radius 2 is 1.79 bits per heavy atom. The van der Waals surface area contributed by atoms with E-state index < -0.39 is 18.2 Å². The molecule has 0 aromatic carbocycles. The summed E-state index contributed by atoms with van der Waals surface area (Å²) in [6.07, 6.45) is 6.18. The smallest absolute Gasteiger partial charge is 0.335 e. The summed E-state index contributed by atoms with van der Waals surface area (Å²) in [6, 6.07) is 0. The van der Waals surface area contributed by atoms with E-state index in [1.54, 1.807) is 0 Å². The fraction of sp³-hybridized carbons (Fsp3) is 0.632. The molecule has 1 aliphatic rings. The molecule has 1 rings (SSSR count). The van der Waals surface area contributed by atoms with E-state index in [1.165, 1.54) is 0 Å². The lowest BCUT2D eigenvalue weighted by molar-refractivity contribution is -0.153. The molecule has 1 saturated heterocycles. The molecule has 0 aliphatic carbocycles. The molecular formula is C19H31NO4. The maximum absolute atomic E-state index is 10.7. The molecule has 2 unspecified atom stereocenters. The number of aliphatic hydroxyl groups excluding tert-OH is 2. The number of aliphatic hydroxyl groups is 2. The van der Waals surface area contributed by atoms with Gasteiger partial charge in [-0.1, -0.05) is 43.4 Å². The highest BCUT2D eigenvalue weighted by Crippen LogP contribution is 2.24. The van der Waals surface area contributed by atoms with E-state index in [0.29, 0.717) is 5.92 Å². The van der Waals surface area contributed by atoms with Crippen molar-refractivity contribution in [3.8, 4) is 0 Å². The Balaban J connectivity index is 2.26. The molecule has 24 heavy (non-hydrogen) atoms. The van der Waals surface area contributed by atoms with Gasteiger partial charge in [-0.2, -0.15) is 0 Å². The lowest BCUT2D eigenvalue weighted by Gasteiger charge is -2.33. The lowest BCUT2D eigenvalue weighted by atomic mass is 9.90. The van der Waals surface area contributed by atoms with Crippen LogP contribution in [0.25, 0.3) is 0 Å². The van der Waals surface area contributed by atoms with Crippen molar-refractivity contribution in [1.82, 2.24) is 4.90 Å². The Bertz CT molecular complexity index is 464. The molecule has 5 heteroatoms. The second kappa shape index (κ2) is 10.4. The highest BCUT2D eigenvalue weighted by molar-refractivity contribution is 5.72. The van der Waals surface area contributed by atoms with Gasteiger partial charge in [0.25, 0.3) is 0 Å². The predicted octanol–water partition coefficient (Wildman–Crippen LogP) is 2.36. The molecule has 3 N–H and O–H groups in total. The Kier molecular flexibility index (Phi) is 8.97. The Morgan fingerprint density at radius 1 is 1.21 bits per heavy atom. The van der Waals surface area contributed by atoms with Gasteiger partial charge in [0.1, 0.15) is 6.10 Å². The molecule has 0 amide bonds. The summed E-state index contributed by atoms with van der Waals surface area (Å²) in [7, 11) is 0. The largest absolute Gasteiger partial charge is 0.479 e. The molecule has 1 fully saturated rings. The normalized spacial score (nSPS) is 19.3. The van der Waals surface area contributed by atoms with Crippen molar-refractivity contribution < 1.29 is 20.1 Å². The van der Waals surface area contributed by atoms with E-state index in [2.05, 4.69) is 20.1 Å². The van der Waals surface area contributed by atoms with Crippen molar-refractivity contribution in [1.29, 1.82) is 0 Å². The maximum Gasteiger partial charge on any atom is 0.335 e. The summed E-state index contributed by atoms with van der Waals surface area (Å²) in [5.41, 5.74) is 2.22. The van der Waals surface area contributed by atoms with Gasteiger partial charge in [-0.05, 0) is 51.1 Å². The van der Waals surface area contributed by atoms with E-state index in [0.717, 1.165) is 56.3 Å². The van der Waals surface area contributed by atoms with E-state index >= 15 is 0 Å². The molecule has 0 saturated carbocycles. The SMILES string of the molecule is C=C(C=CC(=C)CCC1CCN(CC(O)C(O)C(=O)O)CC1)CC. The second-order valence-electron chi connectivity index (χ2n) is 6.64. The lowest BCUT2D eigenvalue weighted by Crippen LogP contribution is -2.45. The van der Waals surface area contributed by atoms with Crippen LogP contribution in [-0.2, 0) is 4.79 Å². The van der Waals surface area contributed by atoms with Crippen LogP contribution in [0.15, 0.2) is 36.5 Å². The number of allylic oxidation sites excluding steroid dienone is 4. The van der Waals surface area contributed by atoms with Crippen molar-refractivity contribution in [2.45, 2.75) is 51.2 Å². The quantitative estimate of drug-likeness (QED) is 0.533. The third kappa shape index (κ3) is 7.43. The van der Waals surface area contributed by atoms with Crippen LogP contribution in [0.4, 0.5) is 0 Å². The van der Waals surface area contributed by atoms with Crippen LogP contribution in [0, 0.1) is 5.92 Å². The maximum atomic E-state index is 10.7. The first-order valence-electron chi connectivity index (χ1n) is 8.68. The van der Waals surface area contributed by atoms with Gasteiger partial charge in [0.15, 0.2) is 6.10 Å². The Labute approximate surface area is 145 Å². The number of carbonyl (C=O) groups is 1. The second-order valence-corrected chi connectivity index (χ2v) is 6.64. The molecule has 0 spiro atoms. The van der Waals surface area contributed by atoms with Crippen LogP contribution in [0.1, 0.15) is 39.0 Å². The van der Waals surface area contributed by atoms with Gasteiger partial charge >= 0.3 is 5.97 Å². The fourth-order valence-electron chi connectivity index (χ4n) is 2.81. The number of carboxylic acids is 1. The predicted molar refractivity (Wildman–Crippen MR) is 95.8 cm³/mol. The van der Waals surface area contributed by atoms with Crippen LogP contribution in [0.5, 0.6) is 0 Å². The molecule has 2 atom stereocenters. The summed E-state index contributed by atoms with van der Waals surface area (Å²) in [5.74, 6) is -0.753. The molecule has 0 aromatic rings. The molecule has 0 bridgehead atoms. The van der Waals surface area contributed by atoms with E-state index in [-0.39, 0.29) is 6.54 Å². The minimum absolute atomic E-state index is 0.203. The number of likely N-dealkylation sites (tertiary alicyclic amines) is 1. The number of aliphatic carboxylic acids is 1. The summed E-state index contributed by atoms with van der Waals surface area (Å²) in [6.45, 7) is 11.9. The number of nitrogens with zero attached hydrogens (tertiary/aromatic N) is 1. The zero-order chi connectivity index (χ0) is 18.1. The fourth-order valence-corrected chi connectivity index (χ4v) is 2.81.